The first-order valence-corrected chi connectivity index (χ1v) is 7.45. The van der Waals surface area contributed by atoms with E-state index in [9.17, 15) is 4.79 Å². The zero-order chi connectivity index (χ0) is 12.7. The van der Waals surface area contributed by atoms with E-state index in [1.807, 2.05) is 19.1 Å². The van der Waals surface area contributed by atoms with Gasteiger partial charge < -0.3 is 0 Å². The van der Waals surface area contributed by atoms with Crippen molar-refractivity contribution in [2.75, 3.05) is 0 Å². The van der Waals surface area contributed by atoms with Gasteiger partial charge in [0.1, 0.15) is 0 Å². The van der Waals surface area contributed by atoms with Crippen molar-refractivity contribution in [1.29, 1.82) is 0 Å². The van der Waals surface area contributed by atoms with Gasteiger partial charge in [-0.15, -0.1) is 11.3 Å². The van der Waals surface area contributed by atoms with Crippen LogP contribution in [0.2, 0.25) is 0 Å². The molecule has 3 rings (SSSR count). The Balaban J connectivity index is 2.34. The van der Waals surface area contributed by atoms with Gasteiger partial charge in [0.15, 0.2) is 5.78 Å². The van der Waals surface area contributed by atoms with Crippen LogP contribution in [0.4, 0.5) is 0 Å². The highest BCUT2D eigenvalue weighted by Crippen LogP contribution is 2.35. The number of hydrogen-bond donors (Lipinski definition) is 0. The van der Waals surface area contributed by atoms with Gasteiger partial charge in [0, 0.05) is 36.6 Å². The van der Waals surface area contributed by atoms with Crippen molar-refractivity contribution in [1.82, 2.24) is 0 Å². The number of ketones is 1. The molecule has 0 aliphatic carbocycles. The van der Waals surface area contributed by atoms with E-state index >= 15 is 0 Å². The van der Waals surface area contributed by atoms with Gasteiger partial charge in [-0.1, -0.05) is 22.9 Å². The van der Waals surface area contributed by atoms with Crippen LogP contribution in [0.1, 0.15) is 23.7 Å². The first kappa shape index (κ1) is 11.9. The molecule has 0 N–H and O–H groups in total. The lowest BCUT2D eigenvalue weighted by molar-refractivity contribution is 0.0988. The van der Waals surface area contributed by atoms with Gasteiger partial charge in [-0.3, -0.25) is 4.79 Å². The number of hydrogen-bond acceptors (Lipinski definition) is 2. The predicted octanol–water partition coefficient (Wildman–Crippen LogP) is 5.41. The average Bonchev–Trinajstić information content (AvgIpc) is 2.75. The summed E-state index contributed by atoms with van der Waals surface area (Å²) in [6.07, 6.45) is 0.553. The highest BCUT2D eigenvalue weighted by Gasteiger charge is 2.09. The van der Waals surface area contributed by atoms with Crippen molar-refractivity contribution < 1.29 is 4.79 Å². The third-order valence-corrected chi connectivity index (χ3v) is 4.72. The van der Waals surface area contributed by atoms with Gasteiger partial charge in [-0.05, 0) is 36.4 Å². The summed E-state index contributed by atoms with van der Waals surface area (Å²) in [5.74, 6) is 0.200. The molecule has 3 heteroatoms. The van der Waals surface area contributed by atoms with Crippen molar-refractivity contribution in [3.8, 4) is 0 Å². The summed E-state index contributed by atoms with van der Waals surface area (Å²) >= 11 is 5.27. The van der Waals surface area contributed by atoms with Crippen molar-refractivity contribution in [3.05, 3.63) is 46.4 Å². The Hall–Kier alpha value is -1.19. The summed E-state index contributed by atoms with van der Waals surface area (Å²) in [5.41, 5.74) is 0.810. The molecule has 0 bridgehead atoms. The highest BCUT2D eigenvalue weighted by molar-refractivity contribution is 9.10. The quantitative estimate of drug-likeness (QED) is 0.577. The summed E-state index contributed by atoms with van der Waals surface area (Å²) in [7, 11) is 0. The molecular weight excluding hydrogens is 308 g/mol. The minimum Gasteiger partial charge on any atom is -0.294 e. The molecule has 0 aliphatic rings. The van der Waals surface area contributed by atoms with Crippen LogP contribution in [0.15, 0.2) is 40.9 Å². The monoisotopic (exact) mass is 318 g/mol. The van der Waals surface area contributed by atoms with Gasteiger partial charge in [0.2, 0.25) is 0 Å². The molecule has 2 aromatic carbocycles. The standard InChI is InChI=1S/C15H11BrOS/c1-2-13(17)9-3-5-14-11(7-9)12-8-10(16)4-6-15(12)18-14/h3-8H,2H2,1H3. The van der Waals surface area contributed by atoms with Crippen LogP contribution in [0, 0.1) is 0 Å². The molecule has 90 valence electrons. The molecule has 1 aromatic heterocycles. The van der Waals surface area contributed by atoms with Crippen LogP contribution in [0.3, 0.4) is 0 Å². The van der Waals surface area contributed by atoms with Crippen LogP contribution in [-0.4, -0.2) is 5.78 Å². The van der Waals surface area contributed by atoms with Crippen molar-refractivity contribution in [2.24, 2.45) is 0 Å². The van der Waals surface area contributed by atoms with Crippen LogP contribution >= 0.6 is 27.3 Å². The number of rotatable bonds is 2. The summed E-state index contributed by atoms with van der Waals surface area (Å²) in [4.78, 5) is 11.8. The van der Waals surface area contributed by atoms with Crippen LogP contribution < -0.4 is 0 Å². The van der Waals surface area contributed by atoms with Crippen LogP contribution in [-0.2, 0) is 0 Å². The first-order valence-electron chi connectivity index (χ1n) is 5.84. The summed E-state index contributed by atoms with van der Waals surface area (Å²) in [6.45, 7) is 1.90. The lowest BCUT2D eigenvalue weighted by atomic mass is 10.1. The van der Waals surface area contributed by atoms with Gasteiger partial charge in [0.05, 0.1) is 0 Å². The maximum absolute atomic E-state index is 11.8. The molecule has 0 amide bonds. The van der Waals surface area contributed by atoms with Crippen LogP contribution in [0.5, 0.6) is 0 Å². The lowest BCUT2D eigenvalue weighted by Gasteiger charge is -1.98. The van der Waals surface area contributed by atoms with Gasteiger partial charge >= 0.3 is 0 Å². The largest absolute Gasteiger partial charge is 0.294 e. The number of halogens is 1. The number of benzene rings is 2. The predicted molar refractivity (Wildman–Crippen MR) is 81.7 cm³/mol. The highest BCUT2D eigenvalue weighted by atomic mass is 79.9. The Labute approximate surface area is 118 Å². The normalized spacial score (nSPS) is 11.2. The first-order chi connectivity index (χ1) is 8.69. The second-order valence-corrected chi connectivity index (χ2v) is 6.23. The topological polar surface area (TPSA) is 17.1 Å². The number of fused-ring (bicyclic) bond motifs is 3. The molecule has 3 aromatic rings. The molecule has 1 heterocycles. The van der Waals surface area contributed by atoms with Crippen molar-refractivity contribution in [2.45, 2.75) is 13.3 Å². The van der Waals surface area contributed by atoms with Gasteiger partial charge in [-0.25, -0.2) is 0 Å². The molecular formula is C15H11BrOS. The smallest absolute Gasteiger partial charge is 0.162 e. The van der Waals surface area contributed by atoms with E-state index in [4.69, 9.17) is 0 Å². The van der Waals surface area contributed by atoms with E-state index in [2.05, 4.69) is 40.2 Å². The summed E-state index contributed by atoms with van der Waals surface area (Å²) in [5, 5.41) is 2.39. The summed E-state index contributed by atoms with van der Waals surface area (Å²) < 4.78 is 3.56. The maximum atomic E-state index is 11.8. The third-order valence-electron chi connectivity index (χ3n) is 3.07. The molecule has 0 radical (unpaired) electrons. The number of thiophene rings is 1. The number of carbonyl (C=O) groups excluding carboxylic acids is 1. The number of Topliss-reactive ketones (excluding diaryl/α,β-unsaturated/α-hetero) is 1. The van der Waals surface area contributed by atoms with Crippen molar-refractivity contribution in [3.63, 3.8) is 0 Å². The Bertz CT molecular complexity index is 758. The van der Waals surface area contributed by atoms with E-state index in [0.29, 0.717) is 6.42 Å². The fourth-order valence-corrected chi connectivity index (χ4v) is 3.56. The zero-order valence-corrected chi connectivity index (χ0v) is 12.3. The Kier molecular flexibility index (Phi) is 2.96. The molecule has 0 saturated heterocycles. The molecule has 0 unspecified atom stereocenters. The lowest BCUT2D eigenvalue weighted by Crippen LogP contribution is -1.94. The van der Waals surface area contributed by atoms with E-state index < -0.39 is 0 Å². The van der Waals surface area contributed by atoms with E-state index in [1.54, 1.807) is 11.3 Å². The Morgan fingerprint density at radius 2 is 1.78 bits per heavy atom. The SMILES string of the molecule is CCC(=O)c1ccc2sc3ccc(Br)cc3c2c1. The molecule has 18 heavy (non-hydrogen) atoms. The van der Waals surface area contributed by atoms with E-state index in [0.717, 1.165) is 10.0 Å². The minimum absolute atomic E-state index is 0.200. The Morgan fingerprint density at radius 3 is 2.50 bits per heavy atom. The maximum Gasteiger partial charge on any atom is 0.162 e. The molecule has 0 atom stereocenters. The van der Waals surface area contributed by atoms with Gasteiger partial charge in [-0.2, -0.15) is 0 Å². The molecule has 0 spiro atoms. The Morgan fingerprint density at radius 1 is 1.11 bits per heavy atom. The molecule has 0 aliphatic heterocycles. The fourth-order valence-electron chi connectivity index (χ4n) is 2.13. The summed E-state index contributed by atoms with van der Waals surface area (Å²) in [6, 6.07) is 12.3. The molecule has 0 fully saturated rings. The minimum atomic E-state index is 0.200. The average molecular weight is 319 g/mol. The molecule has 1 nitrogen and oxygen atoms in total. The number of carbonyl (C=O) groups is 1. The molecule has 0 saturated carbocycles. The third kappa shape index (κ3) is 1.88. The van der Waals surface area contributed by atoms with E-state index in [1.165, 1.54) is 20.2 Å². The van der Waals surface area contributed by atoms with Gasteiger partial charge in [0.25, 0.3) is 0 Å². The fraction of sp³-hybridized carbons (Fsp3) is 0.133. The second kappa shape index (κ2) is 4.48. The van der Waals surface area contributed by atoms with Crippen molar-refractivity contribution >= 4 is 53.2 Å². The zero-order valence-electron chi connectivity index (χ0n) is 9.87. The van der Waals surface area contributed by atoms with Crippen LogP contribution in [0.25, 0.3) is 20.2 Å². The van der Waals surface area contributed by atoms with E-state index in [-0.39, 0.29) is 5.78 Å². The second-order valence-electron chi connectivity index (χ2n) is 4.23.